The van der Waals surface area contributed by atoms with Crippen molar-refractivity contribution in [3.8, 4) is 22.6 Å². The molecule has 5 heteroatoms. The maximum absolute atomic E-state index is 12.6. The SMILES string of the molecule is CC(C)(O)CCOc1ccc(-c2cn(-c3ccccc3)c3cc[nH]c(=O)c23)cc1. The number of hydrogen-bond donors (Lipinski definition) is 2. The molecule has 0 atom stereocenters. The molecule has 0 aliphatic carbocycles. The Hall–Kier alpha value is -3.31. The maximum Gasteiger partial charge on any atom is 0.258 e. The van der Waals surface area contributed by atoms with E-state index >= 15 is 0 Å². The standard InChI is InChI=1S/C24H24N2O3/c1-24(2,28)13-15-29-19-10-8-17(9-11-19)20-16-26(18-6-4-3-5-7-18)21-12-14-25-23(27)22(20)21/h3-12,14,16,28H,13,15H2,1-2H3,(H,25,27). The minimum Gasteiger partial charge on any atom is -0.493 e. The Morgan fingerprint density at radius 2 is 1.76 bits per heavy atom. The number of para-hydroxylation sites is 1. The van der Waals surface area contributed by atoms with Gasteiger partial charge in [0.05, 0.1) is 23.1 Å². The molecule has 0 spiro atoms. The molecule has 2 aromatic carbocycles. The van der Waals surface area contributed by atoms with E-state index in [-0.39, 0.29) is 5.56 Å². The van der Waals surface area contributed by atoms with Crippen LogP contribution in [0, 0.1) is 0 Å². The number of aromatic amines is 1. The minimum atomic E-state index is -0.750. The highest BCUT2D eigenvalue weighted by Crippen LogP contribution is 2.31. The first kappa shape index (κ1) is 19.0. The zero-order valence-electron chi connectivity index (χ0n) is 16.6. The molecule has 0 fully saturated rings. The summed E-state index contributed by atoms with van der Waals surface area (Å²) >= 11 is 0. The van der Waals surface area contributed by atoms with Crippen molar-refractivity contribution in [1.29, 1.82) is 0 Å². The maximum atomic E-state index is 12.6. The lowest BCUT2D eigenvalue weighted by Crippen LogP contribution is -2.21. The summed E-state index contributed by atoms with van der Waals surface area (Å²) in [5.41, 5.74) is 2.81. The Morgan fingerprint density at radius 1 is 1.03 bits per heavy atom. The molecule has 2 aromatic heterocycles. The molecule has 0 saturated carbocycles. The second-order valence-corrected chi connectivity index (χ2v) is 7.75. The van der Waals surface area contributed by atoms with Crippen molar-refractivity contribution in [1.82, 2.24) is 9.55 Å². The second kappa shape index (κ2) is 7.60. The van der Waals surface area contributed by atoms with Gasteiger partial charge in [-0.05, 0) is 49.7 Å². The van der Waals surface area contributed by atoms with Crippen LogP contribution in [0.2, 0.25) is 0 Å². The quantitative estimate of drug-likeness (QED) is 0.510. The first-order valence-corrected chi connectivity index (χ1v) is 9.66. The van der Waals surface area contributed by atoms with Crippen molar-refractivity contribution < 1.29 is 9.84 Å². The highest BCUT2D eigenvalue weighted by atomic mass is 16.5. The minimum absolute atomic E-state index is 0.113. The van der Waals surface area contributed by atoms with Crippen LogP contribution in [-0.2, 0) is 0 Å². The van der Waals surface area contributed by atoms with E-state index in [9.17, 15) is 9.90 Å². The molecule has 0 aliphatic rings. The topological polar surface area (TPSA) is 67.2 Å². The lowest BCUT2D eigenvalue weighted by molar-refractivity contribution is 0.0553. The molecule has 0 aliphatic heterocycles. The van der Waals surface area contributed by atoms with Crippen molar-refractivity contribution in [3.63, 3.8) is 0 Å². The summed E-state index contributed by atoms with van der Waals surface area (Å²) in [6, 6.07) is 19.6. The molecule has 0 radical (unpaired) electrons. The Balaban J connectivity index is 1.70. The average molecular weight is 388 g/mol. The predicted octanol–water partition coefficient (Wildman–Crippen LogP) is 4.53. The fourth-order valence-corrected chi connectivity index (χ4v) is 3.36. The van der Waals surface area contributed by atoms with Gasteiger partial charge in [0.1, 0.15) is 5.75 Å². The van der Waals surface area contributed by atoms with E-state index in [0.717, 1.165) is 28.1 Å². The fourth-order valence-electron chi connectivity index (χ4n) is 3.36. The van der Waals surface area contributed by atoms with Gasteiger partial charge < -0.3 is 19.4 Å². The van der Waals surface area contributed by atoms with Crippen molar-refractivity contribution in [2.75, 3.05) is 6.61 Å². The van der Waals surface area contributed by atoms with E-state index in [1.807, 2.05) is 71.4 Å². The number of hydrogen-bond acceptors (Lipinski definition) is 3. The van der Waals surface area contributed by atoms with Crippen LogP contribution in [-0.4, -0.2) is 26.9 Å². The fraction of sp³-hybridized carbons (Fsp3) is 0.208. The molecule has 2 N–H and O–H groups in total. The highest BCUT2D eigenvalue weighted by Gasteiger charge is 2.15. The summed E-state index contributed by atoms with van der Waals surface area (Å²) in [6.45, 7) is 3.97. The van der Waals surface area contributed by atoms with Crippen LogP contribution in [0.25, 0.3) is 27.7 Å². The Labute approximate surface area is 169 Å². The summed E-state index contributed by atoms with van der Waals surface area (Å²) < 4.78 is 7.76. The first-order valence-electron chi connectivity index (χ1n) is 9.66. The summed E-state index contributed by atoms with van der Waals surface area (Å²) in [6.07, 6.45) is 4.22. The van der Waals surface area contributed by atoms with Crippen molar-refractivity contribution >= 4 is 10.9 Å². The lowest BCUT2D eigenvalue weighted by atomic mass is 10.1. The van der Waals surface area contributed by atoms with E-state index < -0.39 is 5.60 Å². The molecule has 0 bridgehead atoms. The highest BCUT2D eigenvalue weighted by molar-refractivity contribution is 5.96. The third-order valence-corrected chi connectivity index (χ3v) is 4.91. The molecule has 4 rings (SSSR count). The van der Waals surface area contributed by atoms with Gasteiger partial charge in [-0.15, -0.1) is 0 Å². The molecular weight excluding hydrogens is 364 g/mol. The number of fused-ring (bicyclic) bond motifs is 1. The van der Waals surface area contributed by atoms with E-state index in [0.29, 0.717) is 18.4 Å². The first-order chi connectivity index (χ1) is 13.9. The van der Waals surface area contributed by atoms with Gasteiger partial charge >= 0.3 is 0 Å². The monoisotopic (exact) mass is 388 g/mol. The number of aliphatic hydroxyl groups is 1. The molecular formula is C24H24N2O3. The van der Waals surface area contributed by atoms with Crippen LogP contribution in [0.3, 0.4) is 0 Å². The lowest BCUT2D eigenvalue weighted by Gasteiger charge is -2.17. The summed E-state index contributed by atoms with van der Waals surface area (Å²) in [4.78, 5) is 15.4. The molecule has 0 amide bonds. The third kappa shape index (κ3) is 4.10. The van der Waals surface area contributed by atoms with Gasteiger partial charge in [0.2, 0.25) is 0 Å². The molecule has 5 nitrogen and oxygen atoms in total. The van der Waals surface area contributed by atoms with E-state index in [4.69, 9.17) is 4.74 Å². The molecule has 0 unspecified atom stereocenters. The van der Waals surface area contributed by atoms with Gasteiger partial charge in [-0.3, -0.25) is 4.79 Å². The van der Waals surface area contributed by atoms with Crippen molar-refractivity contribution in [3.05, 3.63) is 83.4 Å². The van der Waals surface area contributed by atoms with Crippen LogP contribution < -0.4 is 10.3 Å². The van der Waals surface area contributed by atoms with Gasteiger partial charge in [-0.1, -0.05) is 30.3 Å². The Bertz CT molecular complexity index is 1170. The number of rotatable bonds is 6. The number of aromatic nitrogens is 2. The predicted molar refractivity (Wildman–Crippen MR) is 116 cm³/mol. The third-order valence-electron chi connectivity index (χ3n) is 4.91. The number of nitrogens with zero attached hydrogens (tertiary/aromatic N) is 1. The number of H-pyrrole nitrogens is 1. The Kier molecular flexibility index (Phi) is 4.99. The summed E-state index contributed by atoms with van der Waals surface area (Å²) in [7, 11) is 0. The van der Waals surface area contributed by atoms with Gasteiger partial charge in [-0.2, -0.15) is 0 Å². The molecule has 148 valence electrons. The number of pyridine rings is 1. The smallest absolute Gasteiger partial charge is 0.258 e. The Morgan fingerprint density at radius 3 is 2.45 bits per heavy atom. The molecule has 4 aromatic rings. The van der Waals surface area contributed by atoms with Crippen molar-refractivity contribution in [2.45, 2.75) is 25.9 Å². The number of benzene rings is 2. The van der Waals surface area contributed by atoms with Gasteiger partial charge in [0.15, 0.2) is 0 Å². The number of nitrogens with one attached hydrogen (secondary N) is 1. The van der Waals surface area contributed by atoms with Crippen LogP contribution in [0.15, 0.2) is 77.9 Å². The van der Waals surface area contributed by atoms with Crippen molar-refractivity contribution in [2.24, 2.45) is 0 Å². The van der Waals surface area contributed by atoms with Gasteiger partial charge in [0.25, 0.3) is 5.56 Å². The van der Waals surface area contributed by atoms with Gasteiger partial charge in [-0.25, -0.2) is 0 Å². The van der Waals surface area contributed by atoms with Crippen LogP contribution >= 0.6 is 0 Å². The zero-order valence-corrected chi connectivity index (χ0v) is 16.6. The van der Waals surface area contributed by atoms with Gasteiger partial charge in [0, 0.05) is 30.1 Å². The average Bonchev–Trinajstić information content (AvgIpc) is 3.09. The van der Waals surface area contributed by atoms with E-state index in [1.54, 1.807) is 20.0 Å². The zero-order chi connectivity index (χ0) is 20.4. The second-order valence-electron chi connectivity index (χ2n) is 7.75. The van der Waals surface area contributed by atoms with Crippen LogP contribution in [0.5, 0.6) is 5.75 Å². The van der Waals surface area contributed by atoms with E-state index in [2.05, 4.69) is 4.98 Å². The molecule has 2 heterocycles. The molecule has 0 saturated heterocycles. The van der Waals surface area contributed by atoms with Crippen LogP contribution in [0.1, 0.15) is 20.3 Å². The number of ether oxygens (including phenoxy) is 1. The van der Waals surface area contributed by atoms with E-state index in [1.165, 1.54) is 0 Å². The summed E-state index contributed by atoms with van der Waals surface area (Å²) in [5, 5.41) is 10.5. The molecule has 29 heavy (non-hydrogen) atoms. The van der Waals surface area contributed by atoms with Crippen LogP contribution in [0.4, 0.5) is 0 Å². The summed E-state index contributed by atoms with van der Waals surface area (Å²) in [5.74, 6) is 0.735. The normalized spacial score (nSPS) is 11.7. The largest absolute Gasteiger partial charge is 0.493 e.